The highest BCUT2D eigenvalue weighted by Crippen LogP contribution is 2.44. The lowest BCUT2D eigenvalue weighted by Crippen LogP contribution is -2.20. The van der Waals surface area contributed by atoms with E-state index in [-0.39, 0.29) is 0 Å². The average molecular weight is 555 g/mol. The molecule has 2 aromatic carbocycles. The van der Waals surface area contributed by atoms with Crippen LogP contribution < -0.4 is 0 Å². The van der Waals surface area contributed by atoms with Crippen LogP contribution in [0.3, 0.4) is 0 Å². The summed E-state index contributed by atoms with van der Waals surface area (Å²) in [6, 6.07) is 11.8. The van der Waals surface area contributed by atoms with Gasteiger partial charge in [-0.1, -0.05) is 117 Å². The van der Waals surface area contributed by atoms with Crippen molar-refractivity contribution in [2.75, 3.05) is 0 Å². The van der Waals surface area contributed by atoms with Gasteiger partial charge in [0.25, 0.3) is 0 Å². The Balaban J connectivity index is 2.16. The van der Waals surface area contributed by atoms with Crippen LogP contribution in [-0.2, 0) is 12.8 Å². The van der Waals surface area contributed by atoms with Gasteiger partial charge in [0.1, 0.15) is 11.5 Å². The van der Waals surface area contributed by atoms with E-state index in [9.17, 15) is 10.2 Å². The van der Waals surface area contributed by atoms with Crippen molar-refractivity contribution in [3.63, 3.8) is 0 Å². The average Bonchev–Trinajstić information content (AvgIpc) is 2.85. The first-order valence-electron chi connectivity index (χ1n) is 15.7. The smallest absolute Gasteiger partial charge is 0.129 e. The zero-order valence-corrected chi connectivity index (χ0v) is 27.2. The van der Waals surface area contributed by atoms with E-state index in [1.165, 1.54) is 62.5 Å². The van der Waals surface area contributed by atoms with Gasteiger partial charge >= 0.3 is 0 Å². The van der Waals surface area contributed by atoms with Crippen LogP contribution in [0.4, 0.5) is 0 Å². The maximum Gasteiger partial charge on any atom is 0.129 e. The first-order chi connectivity index (χ1) is 18.4. The van der Waals surface area contributed by atoms with Gasteiger partial charge in [0.05, 0.1) is 9.79 Å². The van der Waals surface area contributed by atoms with Gasteiger partial charge in [-0.3, -0.25) is 0 Å². The minimum absolute atomic E-state index is 0.317. The van der Waals surface area contributed by atoms with Crippen molar-refractivity contribution in [3.05, 3.63) is 47.5 Å². The maximum absolute atomic E-state index is 10.9. The van der Waals surface area contributed by atoms with Crippen molar-refractivity contribution < 1.29 is 10.2 Å². The van der Waals surface area contributed by atoms with E-state index < -0.39 is 0 Å². The van der Waals surface area contributed by atoms with Gasteiger partial charge in [-0.2, -0.15) is 0 Å². The maximum atomic E-state index is 10.9. The molecule has 2 nitrogen and oxygen atoms in total. The second kappa shape index (κ2) is 16.0. The molecule has 2 atom stereocenters. The Morgan fingerprint density at radius 3 is 1.28 bits per heavy atom. The number of phenolic OH excluding ortho intramolecular Hbond substituents is 2. The van der Waals surface area contributed by atoms with Crippen LogP contribution in [0.15, 0.2) is 46.2 Å². The lowest BCUT2D eigenvalue weighted by atomic mass is 9.75. The lowest BCUT2D eigenvalue weighted by molar-refractivity contribution is 0.204. The van der Waals surface area contributed by atoms with Crippen LogP contribution in [0.2, 0.25) is 0 Å². The van der Waals surface area contributed by atoms with Gasteiger partial charge < -0.3 is 10.2 Å². The minimum Gasteiger partial charge on any atom is -0.507 e. The third-order valence-electron chi connectivity index (χ3n) is 8.61. The predicted octanol–water partition coefficient (Wildman–Crippen LogP) is 11.6. The molecular formula is C36H58O2S. The molecule has 0 aliphatic carbocycles. The number of rotatable bonds is 16. The topological polar surface area (TPSA) is 40.5 Å². The summed E-state index contributed by atoms with van der Waals surface area (Å²) in [4.78, 5) is 1.80. The molecule has 220 valence electrons. The van der Waals surface area contributed by atoms with E-state index in [2.05, 4.69) is 67.5 Å². The van der Waals surface area contributed by atoms with Crippen molar-refractivity contribution in [1.29, 1.82) is 0 Å². The highest BCUT2D eigenvalue weighted by molar-refractivity contribution is 7.99. The van der Waals surface area contributed by atoms with Crippen LogP contribution in [0.1, 0.15) is 131 Å². The summed E-state index contributed by atoms with van der Waals surface area (Å²) in [6.07, 6.45) is 14.2. The summed E-state index contributed by atoms with van der Waals surface area (Å²) in [5.41, 5.74) is 3.01. The quantitative estimate of drug-likeness (QED) is 0.217. The monoisotopic (exact) mass is 554 g/mol. The first kappa shape index (κ1) is 33.6. The van der Waals surface area contributed by atoms with Crippen molar-refractivity contribution >= 4 is 11.8 Å². The Bertz CT molecular complexity index is 903. The van der Waals surface area contributed by atoms with E-state index in [4.69, 9.17) is 0 Å². The molecule has 0 aliphatic heterocycles. The van der Waals surface area contributed by atoms with Gasteiger partial charge in [-0.25, -0.2) is 0 Å². The van der Waals surface area contributed by atoms with Crippen LogP contribution >= 0.6 is 11.8 Å². The molecule has 2 aromatic rings. The Morgan fingerprint density at radius 1 is 0.590 bits per heavy atom. The zero-order chi connectivity index (χ0) is 29.1. The summed E-state index contributed by atoms with van der Waals surface area (Å²) in [6.45, 7) is 18.8. The van der Waals surface area contributed by atoms with Crippen LogP contribution in [0.5, 0.6) is 11.5 Å². The van der Waals surface area contributed by atoms with Crippen molar-refractivity contribution in [3.8, 4) is 11.5 Å². The van der Waals surface area contributed by atoms with Gasteiger partial charge in [0.15, 0.2) is 0 Å². The number of aromatic hydroxyl groups is 2. The molecule has 0 radical (unpaired) electrons. The van der Waals surface area contributed by atoms with Gasteiger partial charge in [0, 0.05) is 0 Å². The molecule has 0 saturated carbocycles. The van der Waals surface area contributed by atoms with Gasteiger partial charge in [-0.15, -0.1) is 0 Å². The van der Waals surface area contributed by atoms with Crippen molar-refractivity contribution in [2.45, 2.75) is 142 Å². The molecule has 0 aliphatic rings. The molecule has 2 N–H and O–H groups in total. The van der Waals surface area contributed by atoms with Crippen molar-refractivity contribution in [2.24, 2.45) is 22.7 Å². The second-order valence-electron chi connectivity index (χ2n) is 13.8. The predicted molar refractivity (Wildman–Crippen MR) is 171 cm³/mol. The highest BCUT2D eigenvalue weighted by atomic mass is 32.2. The van der Waals surface area contributed by atoms with Crippen molar-refractivity contribution in [1.82, 2.24) is 0 Å². The highest BCUT2D eigenvalue weighted by Gasteiger charge is 2.25. The normalized spacial score (nSPS) is 13.9. The molecule has 39 heavy (non-hydrogen) atoms. The fourth-order valence-corrected chi connectivity index (χ4v) is 7.03. The Kier molecular flexibility index (Phi) is 13.8. The van der Waals surface area contributed by atoms with E-state index in [1.54, 1.807) is 23.9 Å². The third-order valence-corrected chi connectivity index (χ3v) is 9.97. The lowest BCUT2D eigenvalue weighted by Gasteiger charge is -2.31. The van der Waals surface area contributed by atoms with Crippen LogP contribution in [0.25, 0.3) is 0 Å². The molecule has 0 saturated heterocycles. The number of hydrogen-bond donors (Lipinski definition) is 2. The SMILES string of the molecule is CCCCC(CCCc1cccc(O)c1Sc1c(O)cccc1CCCC(CCCC)C(C)(C)C)C(C)(C)C. The standard InChI is InChI=1S/C36H58O2S/c1-9-11-21-29(35(3,4)5)23-13-17-27-19-15-25-31(37)33(27)39-34-28(20-16-26-32(34)38)18-14-24-30(22-12-10-2)36(6,7)8/h15-16,19-20,25-26,29-30,37-38H,9-14,17-18,21-24H2,1-8H3. The Hall–Kier alpha value is -1.61. The first-order valence-corrected chi connectivity index (χ1v) is 16.5. The van der Waals surface area contributed by atoms with Crippen LogP contribution in [0, 0.1) is 22.7 Å². The molecule has 0 bridgehead atoms. The molecule has 0 heterocycles. The molecule has 0 fully saturated rings. The Labute approximate surface area is 245 Å². The fraction of sp³-hybridized carbons (Fsp3) is 0.667. The number of hydrogen-bond acceptors (Lipinski definition) is 3. The molecule has 2 rings (SSSR count). The second-order valence-corrected chi connectivity index (χ2v) is 14.8. The number of phenols is 2. The van der Waals surface area contributed by atoms with Gasteiger partial charge in [0.2, 0.25) is 0 Å². The minimum atomic E-state index is 0.317. The van der Waals surface area contributed by atoms with E-state index in [0.29, 0.717) is 34.2 Å². The van der Waals surface area contributed by atoms with Gasteiger partial charge in [-0.05, 0) is 97.3 Å². The zero-order valence-electron chi connectivity index (χ0n) is 26.4. The molecule has 3 heteroatoms. The summed E-state index contributed by atoms with van der Waals surface area (Å²) < 4.78 is 0. The third kappa shape index (κ3) is 11.1. The summed E-state index contributed by atoms with van der Waals surface area (Å²) >= 11 is 1.55. The molecular weight excluding hydrogens is 496 g/mol. The number of benzene rings is 2. The van der Waals surface area contributed by atoms with E-state index in [1.807, 2.05) is 12.1 Å². The summed E-state index contributed by atoms with van der Waals surface area (Å²) in [7, 11) is 0. The Morgan fingerprint density at radius 2 is 0.949 bits per heavy atom. The van der Waals surface area contributed by atoms with E-state index in [0.717, 1.165) is 35.5 Å². The number of aryl methyl sites for hydroxylation is 2. The van der Waals surface area contributed by atoms with E-state index >= 15 is 0 Å². The van der Waals surface area contributed by atoms with Crippen LogP contribution in [-0.4, -0.2) is 10.2 Å². The number of unbranched alkanes of at least 4 members (excludes halogenated alkanes) is 2. The molecule has 0 spiro atoms. The molecule has 0 aromatic heterocycles. The summed E-state index contributed by atoms with van der Waals surface area (Å²) in [5.74, 6) is 2.06. The largest absolute Gasteiger partial charge is 0.507 e. The molecule has 2 unspecified atom stereocenters. The fourth-order valence-electron chi connectivity index (χ4n) is 5.87. The molecule has 0 amide bonds. The summed E-state index contributed by atoms with van der Waals surface area (Å²) in [5, 5.41) is 21.8.